The Morgan fingerprint density at radius 3 is 2.78 bits per heavy atom. The topological polar surface area (TPSA) is 42.0 Å². The minimum atomic E-state index is -0.196. The lowest BCUT2D eigenvalue weighted by atomic mass is 9.91. The standard InChI is InChI=1S/C23H23FN2O/c1-2-7-17(16-19-8-3-4-11-20(19)24)13-14-22(27)26-21-12-5-9-18-10-6-15-25-23(18)21/h2-6,8-12,15,17H,1,7,13-14,16H2,(H,26,27). The number of benzene rings is 2. The van der Waals surface area contributed by atoms with E-state index in [4.69, 9.17) is 0 Å². The SMILES string of the molecule is C=CCC(CCC(=O)Nc1cccc2cccnc12)Cc1ccccc1F. The molecule has 4 heteroatoms. The molecule has 3 nitrogen and oxygen atoms in total. The number of rotatable bonds is 8. The first-order valence-corrected chi connectivity index (χ1v) is 9.15. The minimum absolute atomic E-state index is 0.0595. The highest BCUT2D eigenvalue weighted by molar-refractivity contribution is 6.00. The third-order valence-corrected chi connectivity index (χ3v) is 4.65. The largest absolute Gasteiger partial charge is 0.324 e. The summed E-state index contributed by atoms with van der Waals surface area (Å²) in [7, 11) is 0. The highest BCUT2D eigenvalue weighted by Crippen LogP contribution is 2.23. The Labute approximate surface area is 158 Å². The van der Waals surface area contributed by atoms with E-state index >= 15 is 0 Å². The van der Waals surface area contributed by atoms with Crippen LogP contribution in [-0.2, 0) is 11.2 Å². The Morgan fingerprint density at radius 2 is 1.96 bits per heavy atom. The molecule has 0 aliphatic heterocycles. The summed E-state index contributed by atoms with van der Waals surface area (Å²) in [6.45, 7) is 3.79. The molecule has 1 unspecified atom stereocenters. The van der Waals surface area contributed by atoms with E-state index in [2.05, 4.69) is 16.9 Å². The lowest BCUT2D eigenvalue weighted by Crippen LogP contribution is -2.15. The van der Waals surface area contributed by atoms with Crippen LogP contribution in [0, 0.1) is 11.7 Å². The molecule has 0 saturated heterocycles. The summed E-state index contributed by atoms with van der Waals surface area (Å²) in [5.41, 5.74) is 2.18. The van der Waals surface area contributed by atoms with Crippen molar-refractivity contribution in [3.05, 3.63) is 84.8 Å². The number of nitrogens with zero attached hydrogens (tertiary/aromatic N) is 1. The predicted molar refractivity (Wildman–Crippen MR) is 108 cm³/mol. The van der Waals surface area contributed by atoms with E-state index in [0.717, 1.165) is 17.3 Å². The normalized spacial score (nSPS) is 11.9. The molecule has 0 fully saturated rings. The van der Waals surface area contributed by atoms with Gasteiger partial charge < -0.3 is 5.32 Å². The maximum atomic E-state index is 13.9. The van der Waals surface area contributed by atoms with Crippen molar-refractivity contribution in [1.29, 1.82) is 0 Å². The van der Waals surface area contributed by atoms with Crippen molar-refractivity contribution in [3.8, 4) is 0 Å². The second-order valence-electron chi connectivity index (χ2n) is 6.65. The van der Waals surface area contributed by atoms with Gasteiger partial charge in [-0.25, -0.2) is 4.39 Å². The van der Waals surface area contributed by atoms with Gasteiger partial charge in [-0.1, -0.05) is 42.5 Å². The van der Waals surface area contributed by atoms with Crippen LogP contribution < -0.4 is 5.32 Å². The van der Waals surface area contributed by atoms with Gasteiger partial charge in [0.2, 0.25) is 5.91 Å². The molecule has 3 rings (SSSR count). The van der Waals surface area contributed by atoms with Crippen LogP contribution in [0.4, 0.5) is 10.1 Å². The van der Waals surface area contributed by atoms with Gasteiger partial charge in [0.25, 0.3) is 0 Å². The molecular formula is C23H23FN2O. The molecule has 1 N–H and O–H groups in total. The van der Waals surface area contributed by atoms with E-state index in [-0.39, 0.29) is 17.6 Å². The lowest BCUT2D eigenvalue weighted by molar-refractivity contribution is -0.116. The summed E-state index contributed by atoms with van der Waals surface area (Å²) in [6, 6.07) is 16.4. The van der Waals surface area contributed by atoms with Gasteiger partial charge in [-0.2, -0.15) is 0 Å². The maximum absolute atomic E-state index is 13.9. The summed E-state index contributed by atoms with van der Waals surface area (Å²) >= 11 is 0. The average Bonchev–Trinajstić information content (AvgIpc) is 2.68. The summed E-state index contributed by atoms with van der Waals surface area (Å²) in [5, 5.41) is 3.94. The number of hydrogen-bond acceptors (Lipinski definition) is 2. The number of carbonyl (C=O) groups excluding carboxylic acids is 1. The quantitative estimate of drug-likeness (QED) is 0.536. The highest BCUT2D eigenvalue weighted by atomic mass is 19.1. The first-order chi connectivity index (χ1) is 13.2. The van der Waals surface area contributed by atoms with E-state index in [1.807, 2.05) is 42.5 Å². The number of para-hydroxylation sites is 1. The monoisotopic (exact) mass is 362 g/mol. The number of halogens is 1. The highest BCUT2D eigenvalue weighted by Gasteiger charge is 2.14. The van der Waals surface area contributed by atoms with Crippen LogP contribution in [0.2, 0.25) is 0 Å². The van der Waals surface area contributed by atoms with Gasteiger partial charge >= 0.3 is 0 Å². The molecule has 1 aromatic heterocycles. The Kier molecular flexibility index (Phi) is 6.31. The number of pyridine rings is 1. The first kappa shape index (κ1) is 18.8. The molecule has 0 aliphatic carbocycles. The molecule has 0 spiro atoms. The average molecular weight is 362 g/mol. The number of aromatic nitrogens is 1. The third-order valence-electron chi connectivity index (χ3n) is 4.65. The number of nitrogens with one attached hydrogen (secondary N) is 1. The van der Waals surface area contributed by atoms with Crippen LogP contribution in [0.5, 0.6) is 0 Å². The van der Waals surface area contributed by atoms with E-state index in [1.54, 1.807) is 18.3 Å². The predicted octanol–water partition coefficient (Wildman–Crippen LogP) is 5.53. The van der Waals surface area contributed by atoms with Crippen LogP contribution in [-0.4, -0.2) is 10.9 Å². The molecular weight excluding hydrogens is 339 g/mol. The number of hydrogen-bond donors (Lipinski definition) is 1. The van der Waals surface area contributed by atoms with Crippen molar-refractivity contribution >= 4 is 22.5 Å². The summed E-state index contributed by atoms with van der Waals surface area (Å²) in [4.78, 5) is 16.8. The third kappa shape index (κ3) is 5.00. The number of allylic oxidation sites excluding steroid dienone is 1. The summed E-state index contributed by atoms with van der Waals surface area (Å²) in [6.07, 6.45) is 5.93. The smallest absolute Gasteiger partial charge is 0.224 e. The molecule has 2 aromatic carbocycles. The van der Waals surface area contributed by atoms with E-state index < -0.39 is 0 Å². The van der Waals surface area contributed by atoms with E-state index in [9.17, 15) is 9.18 Å². The molecule has 3 aromatic rings. The molecule has 27 heavy (non-hydrogen) atoms. The van der Waals surface area contributed by atoms with Crippen molar-refractivity contribution in [2.24, 2.45) is 5.92 Å². The molecule has 0 saturated carbocycles. The molecule has 1 atom stereocenters. The van der Waals surface area contributed by atoms with Crippen LogP contribution in [0.15, 0.2) is 73.4 Å². The van der Waals surface area contributed by atoms with Gasteiger partial charge in [0.1, 0.15) is 5.82 Å². The maximum Gasteiger partial charge on any atom is 0.224 e. The van der Waals surface area contributed by atoms with E-state index in [1.165, 1.54) is 6.07 Å². The molecule has 0 aliphatic rings. The van der Waals surface area contributed by atoms with Gasteiger partial charge in [-0.15, -0.1) is 6.58 Å². The zero-order valence-electron chi connectivity index (χ0n) is 15.2. The first-order valence-electron chi connectivity index (χ1n) is 9.15. The van der Waals surface area contributed by atoms with Gasteiger partial charge in [0.05, 0.1) is 11.2 Å². The fourth-order valence-corrected chi connectivity index (χ4v) is 3.27. The number of amides is 1. The fourth-order valence-electron chi connectivity index (χ4n) is 3.27. The van der Waals surface area contributed by atoms with Crippen LogP contribution >= 0.6 is 0 Å². The van der Waals surface area contributed by atoms with Crippen LogP contribution in [0.1, 0.15) is 24.8 Å². The summed E-state index contributed by atoms with van der Waals surface area (Å²) in [5.74, 6) is -0.0793. The Morgan fingerprint density at radius 1 is 1.15 bits per heavy atom. The molecule has 1 heterocycles. The van der Waals surface area contributed by atoms with Gasteiger partial charge in [-0.05, 0) is 48.9 Å². The molecule has 1 amide bonds. The zero-order chi connectivity index (χ0) is 19.1. The second-order valence-corrected chi connectivity index (χ2v) is 6.65. The minimum Gasteiger partial charge on any atom is -0.324 e. The van der Waals surface area contributed by atoms with Crippen molar-refractivity contribution < 1.29 is 9.18 Å². The van der Waals surface area contributed by atoms with Crippen LogP contribution in [0.25, 0.3) is 10.9 Å². The molecule has 0 radical (unpaired) electrons. The number of carbonyl (C=O) groups is 1. The van der Waals surface area contributed by atoms with Crippen LogP contribution in [0.3, 0.4) is 0 Å². The lowest BCUT2D eigenvalue weighted by Gasteiger charge is -2.16. The number of fused-ring (bicyclic) bond motifs is 1. The number of anilines is 1. The zero-order valence-corrected chi connectivity index (χ0v) is 15.2. The van der Waals surface area contributed by atoms with Crippen molar-refractivity contribution in [1.82, 2.24) is 4.98 Å². The molecule has 138 valence electrons. The van der Waals surface area contributed by atoms with Gasteiger partial charge in [0.15, 0.2) is 0 Å². The van der Waals surface area contributed by atoms with Gasteiger partial charge in [-0.3, -0.25) is 9.78 Å². The van der Waals surface area contributed by atoms with Crippen molar-refractivity contribution in [2.75, 3.05) is 5.32 Å². The Hall–Kier alpha value is -3.01. The molecule has 0 bridgehead atoms. The van der Waals surface area contributed by atoms with Crippen molar-refractivity contribution in [2.45, 2.75) is 25.7 Å². The Balaban J connectivity index is 1.62. The second kappa shape index (κ2) is 9.08. The van der Waals surface area contributed by atoms with Crippen molar-refractivity contribution in [3.63, 3.8) is 0 Å². The van der Waals surface area contributed by atoms with E-state index in [0.29, 0.717) is 30.5 Å². The fraction of sp³-hybridized carbons (Fsp3) is 0.217. The van der Waals surface area contributed by atoms with Gasteiger partial charge in [0, 0.05) is 18.0 Å². The summed E-state index contributed by atoms with van der Waals surface area (Å²) < 4.78 is 13.9. The Bertz CT molecular complexity index is 933.